The number of carbonyl (C=O) groups excluding carboxylic acids is 1. The van der Waals surface area contributed by atoms with E-state index in [2.05, 4.69) is 46.9 Å². The molecule has 5 heteroatoms. The van der Waals surface area contributed by atoms with Crippen LogP contribution in [0.25, 0.3) is 0 Å². The minimum absolute atomic E-state index is 0.192. The molecule has 2 heterocycles. The van der Waals surface area contributed by atoms with E-state index in [9.17, 15) is 4.79 Å². The summed E-state index contributed by atoms with van der Waals surface area (Å²) in [5.41, 5.74) is 2.57. The van der Waals surface area contributed by atoms with Crippen molar-refractivity contribution in [3.05, 3.63) is 51.7 Å². The van der Waals surface area contributed by atoms with Gasteiger partial charge in [0.1, 0.15) is 0 Å². The quantitative estimate of drug-likeness (QED) is 0.775. The van der Waals surface area contributed by atoms with Crippen molar-refractivity contribution in [2.75, 3.05) is 26.4 Å². The van der Waals surface area contributed by atoms with Crippen molar-refractivity contribution in [1.29, 1.82) is 0 Å². The molecular weight excluding hydrogens is 324 g/mol. The highest BCUT2D eigenvalue weighted by Crippen LogP contribution is 2.24. The molecule has 1 aromatic carbocycles. The maximum absolute atomic E-state index is 12.5. The molecule has 0 saturated heterocycles. The normalized spacial score (nSPS) is 14.5. The van der Waals surface area contributed by atoms with E-state index in [0.717, 1.165) is 19.5 Å². The lowest BCUT2D eigenvalue weighted by Crippen LogP contribution is -2.40. The van der Waals surface area contributed by atoms with Gasteiger partial charge in [0.05, 0.1) is 6.54 Å². The van der Waals surface area contributed by atoms with Crippen molar-refractivity contribution in [1.82, 2.24) is 9.80 Å². The molecule has 0 fully saturated rings. The number of likely N-dealkylation sites (N-methyl/N-ethyl adjacent to an activating group) is 1. The number of hydrogen-bond donors (Lipinski definition) is 0. The van der Waals surface area contributed by atoms with Gasteiger partial charge in [-0.25, -0.2) is 0 Å². The second-order valence-electron chi connectivity index (χ2n) is 5.93. The van der Waals surface area contributed by atoms with Crippen LogP contribution in [0.3, 0.4) is 0 Å². The molecule has 0 N–H and O–H groups in total. The third kappa shape index (κ3) is 4.16. The molecule has 0 bridgehead atoms. The minimum atomic E-state index is 0.192. The van der Waals surface area contributed by atoms with Crippen LogP contribution in [0.4, 0.5) is 0 Å². The fourth-order valence-corrected chi connectivity index (χ4v) is 4.14. The van der Waals surface area contributed by atoms with Crippen LogP contribution < -0.4 is 0 Å². The predicted octanol–water partition coefficient (Wildman–Crippen LogP) is 3.49. The molecule has 1 aliphatic heterocycles. The van der Waals surface area contributed by atoms with Crippen LogP contribution in [-0.2, 0) is 24.3 Å². The molecular formula is C18H22N2OS2. The zero-order valence-electron chi connectivity index (χ0n) is 13.6. The van der Waals surface area contributed by atoms with Gasteiger partial charge in [0, 0.05) is 36.5 Å². The molecule has 1 aliphatic rings. The Morgan fingerprint density at radius 1 is 1.30 bits per heavy atom. The smallest absolute Gasteiger partial charge is 0.236 e. The molecule has 23 heavy (non-hydrogen) atoms. The van der Waals surface area contributed by atoms with Crippen LogP contribution in [0, 0.1) is 0 Å². The Morgan fingerprint density at radius 3 is 2.83 bits per heavy atom. The van der Waals surface area contributed by atoms with Crippen LogP contribution in [-0.4, -0.2) is 42.1 Å². The number of rotatable bonds is 5. The van der Waals surface area contributed by atoms with Crippen molar-refractivity contribution >= 4 is 29.0 Å². The third-order valence-corrected chi connectivity index (χ3v) is 6.02. The maximum Gasteiger partial charge on any atom is 0.236 e. The van der Waals surface area contributed by atoms with Gasteiger partial charge < -0.3 is 4.90 Å². The van der Waals surface area contributed by atoms with Gasteiger partial charge in [0.25, 0.3) is 0 Å². The topological polar surface area (TPSA) is 23.6 Å². The van der Waals surface area contributed by atoms with Crippen LogP contribution in [0.5, 0.6) is 0 Å². The number of benzene rings is 1. The van der Waals surface area contributed by atoms with Crippen molar-refractivity contribution in [2.24, 2.45) is 0 Å². The molecule has 3 rings (SSSR count). The highest BCUT2D eigenvalue weighted by atomic mass is 32.2. The molecule has 0 aliphatic carbocycles. The van der Waals surface area contributed by atoms with E-state index in [-0.39, 0.29) is 5.91 Å². The maximum atomic E-state index is 12.5. The van der Waals surface area contributed by atoms with Gasteiger partial charge in [-0.05, 0) is 47.4 Å². The van der Waals surface area contributed by atoms with Gasteiger partial charge in [0.2, 0.25) is 5.91 Å². The first-order valence-electron chi connectivity index (χ1n) is 7.80. The van der Waals surface area contributed by atoms with E-state index in [1.807, 2.05) is 23.3 Å². The lowest BCUT2D eigenvalue weighted by atomic mass is 10.1. The Labute approximate surface area is 146 Å². The van der Waals surface area contributed by atoms with Gasteiger partial charge in [-0.1, -0.05) is 12.1 Å². The Morgan fingerprint density at radius 2 is 2.09 bits per heavy atom. The number of fused-ring (bicyclic) bond motifs is 1. The number of thioether (sulfide) groups is 1. The number of nitrogens with zero attached hydrogens (tertiary/aromatic N) is 2. The van der Waals surface area contributed by atoms with Gasteiger partial charge in [-0.3, -0.25) is 9.69 Å². The Hall–Kier alpha value is -1.30. The number of amides is 1. The average molecular weight is 347 g/mol. The van der Waals surface area contributed by atoms with E-state index in [1.165, 1.54) is 20.9 Å². The van der Waals surface area contributed by atoms with E-state index in [0.29, 0.717) is 13.1 Å². The molecule has 0 unspecified atom stereocenters. The lowest BCUT2D eigenvalue weighted by Gasteiger charge is -2.28. The monoisotopic (exact) mass is 346 g/mol. The van der Waals surface area contributed by atoms with E-state index in [1.54, 1.807) is 11.8 Å². The van der Waals surface area contributed by atoms with Gasteiger partial charge in [-0.15, -0.1) is 23.1 Å². The van der Waals surface area contributed by atoms with Crippen LogP contribution in [0.1, 0.15) is 16.0 Å². The second kappa shape index (κ2) is 7.51. The van der Waals surface area contributed by atoms with Crippen LogP contribution in [0.15, 0.2) is 40.6 Å². The van der Waals surface area contributed by atoms with Crippen molar-refractivity contribution in [3.63, 3.8) is 0 Å². The van der Waals surface area contributed by atoms with Gasteiger partial charge in [-0.2, -0.15) is 0 Å². The van der Waals surface area contributed by atoms with E-state index < -0.39 is 0 Å². The van der Waals surface area contributed by atoms with Crippen molar-refractivity contribution in [3.8, 4) is 0 Å². The van der Waals surface area contributed by atoms with Crippen molar-refractivity contribution in [2.45, 2.75) is 24.4 Å². The summed E-state index contributed by atoms with van der Waals surface area (Å²) in [6.07, 6.45) is 3.14. The number of carbonyl (C=O) groups is 1. The zero-order chi connectivity index (χ0) is 16.2. The van der Waals surface area contributed by atoms with Crippen molar-refractivity contribution < 1.29 is 4.79 Å². The standard InChI is InChI=1S/C18H22N2OS2/c1-19(11-14-3-5-16(22-2)6-4-14)18(21)13-20-9-7-17-15(12-20)8-10-23-17/h3-6,8,10H,7,9,11-13H2,1-2H3. The average Bonchev–Trinajstić information content (AvgIpc) is 3.03. The molecule has 1 aromatic heterocycles. The summed E-state index contributed by atoms with van der Waals surface area (Å²) >= 11 is 3.57. The molecule has 3 nitrogen and oxygen atoms in total. The summed E-state index contributed by atoms with van der Waals surface area (Å²) in [5, 5.41) is 2.15. The molecule has 0 spiro atoms. The van der Waals surface area contributed by atoms with E-state index in [4.69, 9.17) is 0 Å². The van der Waals surface area contributed by atoms with Gasteiger partial charge >= 0.3 is 0 Å². The van der Waals surface area contributed by atoms with E-state index >= 15 is 0 Å². The summed E-state index contributed by atoms with van der Waals surface area (Å²) in [6.45, 7) is 3.07. The fraction of sp³-hybridized carbons (Fsp3) is 0.389. The molecule has 0 saturated carbocycles. The minimum Gasteiger partial charge on any atom is -0.340 e. The molecule has 1 amide bonds. The lowest BCUT2D eigenvalue weighted by molar-refractivity contribution is -0.131. The largest absolute Gasteiger partial charge is 0.340 e. The first-order valence-corrected chi connectivity index (χ1v) is 9.90. The summed E-state index contributed by atoms with van der Waals surface area (Å²) in [7, 11) is 1.89. The molecule has 122 valence electrons. The SMILES string of the molecule is CSc1ccc(CN(C)C(=O)CN2CCc3sccc3C2)cc1. The summed E-state index contributed by atoms with van der Waals surface area (Å²) in [5.74, 6) is 0.192. The molecule has 0 radical (unpaired) electrons. The Balaban J connectivity index is 1.53. The number of hydrogen-bond acceptors (Lipinski definition) is 4. The third-order valence-electron chi connectivity index (χ3n) is 4.25. The highest BCUT2D eigenvalue weighted by molar-refractivity contribution is 7.98. The Kier molecular flexibility index (Phi) is 5.41. The predicted molar refractivity (Wildman–Crippen MR) is 98.0 cm³/mol. The molecule has 0 atom stereocenters. The Bertz CT molecular complexity index is 666. The van der Waals surface area contributed by atoms with Crippen LogP contribution >= 0.6 is 23.1 Å². The fourth-order valence-electron chi connectivity index (χ4n) is 2.85. The highest BCUT2D eigenvalue weighted by Gasteiger charge is 2.20. The summed E-state index contributed by atoms with van der Waals surface area (Å²) in [4.78, 5) is 19.3. The summed E-state index contributed by atoms with van der Waals surface area (Å²) in [6, 6.07) is 10.6. The second-order valence-corrected chi connectivity index (χ2v) is 7.81. The van der Waals surface area contributed by atoms with Gasteiger partial charge in [0.15, 0.2) is 0 Å². The molecule has 2 aromatic rings. The number of thiophene rings is 1. The zero-order valence-corrected chi connectivity index (χ0v) is 15.3. The first-order chi connectivity index (χ1) is 11.2. The first kappa shape index (κ1) is 16.6. The summed E-state index contributed by atoms with van der Waals surface area (Å²) < 4.78 is 0. The van der Waals surface area contributed by atoms with Crippen LogP contribution in [0.2, 0.25) is 0 Å².